The van der Waals surface area contributed by atoms with Crippen molar-refractivity contribution in [3.8, 4) is 0 Å². The zero-order chi connectivity index (χ0) is 18.3. The molecule has 0 spiro atoms. The van der Waals surface area contributed by atoms with Gasteiger partial charge in [-0.1, -0.05) is 0 Å². The highest BCUT2D eigenvalue weighted by molar-refractivity contribution is 7.91. The van der Waals surface area contributed by atoms with Gasteiger partial charge in [0, 0.05) is 20.1 Å². The molecule has 1 fully saturated rings. The van der Waals surface area contributed by atoms with Crippen LogP contribution >= 0.6 is 0 Å². The molecule has 9 nitrogen and oxygen atoms in total. The maximum Gasteiger partial charge on any atom is 0.246 e. The van der Waals surface area contributed by atoms with E-state index in [4.69, 9.17) is 0 Å². The summed E-state index contributed by atoms with van der Waals surface area (Å²) < 4.78 is 49.9. The van der Waals surface area contributed by atoms with Crippen molar-refractivity contribution < 1.29 is 21.6 Å². The van der Waals surface area contributed by atoms with E-state index in [0.717, 1.165) is 4.31 Å². The van der Waals surface area contributed by atoms with Crippen LogP contribution in [-0.2, 0) is 31.2 Å². The number of amides is 1. The van der Waals surface area contributed by atoms with Gasteiger partial charge >= 0.3 is 0 Å². The lowest BCUT2D eigenvalue weighted by Gasteiger charge is -2.13. The zero-order valence-electron chi connectivity index (χ0n) is 14.1. The molecular weight excluding hydrogens is 356 g/mol. The molecule has 0 unspecified atom stereocenters. The van der Waals surface area contributed by atoms with Gasteiger partial charge in [0.2, 0.25) is 15.9 Å². The fourth-order valence-corrected chi connectivity index (χ4v) is 5.64. The molecule has 0 bridgehead atoms. The molecule has 1 amide bonds. The summed E-state index contributed by atoms with van der Waals surface area (Å²) in [5.41, 5.74) is 0.688. The number of aryl methyl sites for hydroxylation is 1. The molecule has 1 saturated heterocycles. The number of hydrogen-bond donors (Lipinski definition) is 1. The molecule has 1 aliphatic heterocycles. The number of aromatic nitrogens is 2. The maximum absolute atomic E-state index is 12.3. The Labute approximate surface area is 142 Å². The molecule has 0 aliphatic carbocycles. The van der Waals surface area contributed by atoms with Crippen molar-refractivity contribution in [3.63, 3.8) is 0 Å². The number of rotatable bonds is 5. The van der Waals surface area contributed by atoms with E-state index in [0.29, 0.717) is 17.8 Å². The summed E-state index contributed by atoms with van der Waals surface area (Å²) in [6, 6.07) is -0.399. The second-order valence-corrected chi connectivity index (χ2v) is 10.4. The predicted octanol–water partition coefficient (Wildman–Crippen LogP) is -0.946. The lowest BCUT2D eigenvalue weighted by Crippen LogP contribution is -2.38. The summed E-state index contributed by atoms with van der Waals surface area (Å²) in [5, 5.41) is 6.80. The average molecular weight is 378 g/mol. The van der Waals surface area contributed by atoms with Gasteiger partial charge in [-0.3, -0.25) is 9.48 Å². The van der Waals surface area contributed by atoms with Crippen molar-refractivity contribution in [1.29, 1.82) is 0 Å². The smallest absolute Gasteiger partial charge is 0.246 e. The quantitative estimate of drug-likeness (QED) is 0.706. The van der Waals surface area contributed by atoms with E-state index in [2.05, 4.69) is 10.4 Å². The fraction of sp³-hybridized carbons (Fsp3) is 0.692. The van der Waals surface area contributed by atoms with E-state index in [-0.39, 0.29) is 22.9 Å². The summed E-state index contributed by atoms with van der Waals surface area (Å²) in [6.45, 7) is 3.00. The van der Waals surface area contributed by atoms with Crippen LogP contribution in [0.3, 0.4) is 0 Å². The minimum Gasteiger partial charge on any atom is -0.351 e. The van der Waals surface area contributed by atoms with Crippen molar-refractivity contribution in [2.24, 2.45) is 0 Å². The van der Waals surface area contributed by atoms with Gasteiger partial charge in [-0.05, 0) is 20.3 Å². The first-order valence-electron chi connectivity index (χ1n) is 7.40. The van der Waals surface area contributed by atoms with Crippen LogP contribution in [0.25, 0.3) is 0 Å². The summed E-state index contributed by atoms with van der Waals surface area (Å²) in [6.07, 6.45) is 0.394. The molecule has 1 aliphatic rings. The molecule has 11 heteroatoms. The first-order valence-corrected chi connectivity index (χ1v) is 10.7. The second-order valence-electron chi connectivity index (χ2n) is 6.11. The number of carbonyl (C=O) groups is 1. The Morgan fingerprint density at radius 3 is 2.50 bits per heavy atom. The Balaban J connectivity index is 2.15. The SMILES string of the molecule is Cc1nn(CC(=O)N[C@@H]2CCS(=O)(=O)C2)c(C)c1S(=O)(=O)N(C)C. The molecule has 1 N–H and O–H groups in total. The molecule has 0 radical (unpaired) electrons. The minimum absolute atomic E-state index is 0.0594. The van der Waals surface area contributed by atoms with E-state index < -0.39 is 31.8 Å². The third-order valence-electron chi connectivity index (χ3n) is 3.94. The van der Waals surface area contributed by atoms with E-state index in [1.54, 1.807) is 13.8 Å². The molecule has 2 heterocycles. The molecular formula is C13H22N4O5S2. The van der Waals surface area contributed by atoms with Gasteiger partial charge in [0.15, 0.2) is 9.84 Å². The fourth-order valence-electron chi connectivity index (χ4n) is 2.71. The van der Waals surface area contributed by atoms with Crippen molar-refractivity contribution in [2.75, 3.05) is 25.6 Å². The Kier molecular flexibility index (Phi) is 5.07. The molecule has 1 aromatic rings. The van der Waals surface area contributed by atoms with Crippen LogP contribution < -0.4 is 5.32 Å². The highest BCUT2D eigenvalue weighted by atomic mass is 32.2. The summed E-state index contributed by atoms with van der Waals surface area (Å²) in [5.74, 6) is -0.379. The first kappa shape index (κ1) is 18.9. The predicted molar refractivity (Wildman–Crippen MR) is 87.8 cm³/mol. The number of hydrogen-bond acceptors (Lipinski definition) is 6. The van der Waals surface area contributed by atoms with E-state index in [9.17, 15) is 21.6 Å². The highest BCUT2D eigenvalue weighted by Gasteiger charge is 2.30. The maximum atomic E-state index is 12.3. The van der Waals surface area contributed by atoms with Crippen LogP contribution in [0.1, 0.15) is 17.8 Å². The van der Waals surface area contributed by atoms with Crippen molar-refractivity contribution in [1.82, 2.24) is 19.4 Å². The Morgan fingerprint density at radius 2 is 2.00 bits per heavy atom. The van der Waals surface area contributed by atoms with E-state index in [1.165, 1.54) is 18.8 Å². The summed E-state index contributed by atoms with van der Waals surface area (Å²) in [7, 11) is -3.87. The average Bonchev–Trinajstić information content (AvgIpc) is 2.89. The molecule has 0 saturated carbocycles. The molecule has 1 aromatic heterocycles. The topological polar surface area (TPSA) is 118 Å². The summed E-state index contributed by atoms with van der Waals surface area (Å²) in [4.78, 5) is 12.2. The number of sulfonamides is 1. The van der Waals surface area contributed by atoms with Gasteiger partial charge in [-0.2, -0.15) is 5.10 Å². The van der Waals surface area contributed by atoms with Crippen LogP contribution in [0.15, 0.2) is 4.90 Å². The first-order chi connectivity index (χ1) is 10.9. The molecule has 24 heavy (non-hydrogen) atoms. The van der Waals surface area contributed by atoms with Crippen LogP contribution in [0.5, 0.6) is 0 Å². The van der Waals surface area contributed by atoms with Crippen LogP contribution in [0.2, 0.25) is 0 Å². The van der Waals surface area contributed by atoms with Gasteiger partial charge in [0.25, 0.3) is 0 Å². The Hall–Kier alpha value is -1.46. The monoisotopic (exact) mass is 378 g/mol. The second kappa shape index (κ2) is 6.45. The van der Waals surface area contributed by atoms with Gasteiger partial charge in [0.1, 0.15) is 11.4 Å². The van der Waals surface area contributed by atoms with Gasteiger partial charge in [-0.15, -0.1) is 0 Å². The van der Waals surface area contributed by atoms with Crippen molar-refractivity contribution in [2.45, 2.75) is 37.8 Å². The lowest BCUT2D eigenvalue weighted by atomic mass is 10.2. The third-order valence-corrected chi connectivity index (χ3v) is 7.78. The van der Waals surface area contributed by atoms with Gasteiger partial charge < -0.3 is 5.32 Å². The number of carbonyl (C=O) groups excluding carboxylic acids is 1. The van der Waals surface area contributed by atoms with E-state index >= 15 is 0 Å². The number of nitrogens with zero attached hydrogens (tertiary/aromatic N) is 3. The van der Waals surface area contributed by atoms with Crippen LogP contribution in [0.4, 0.5) is 0 Å². The highest BCUT2D eigenvalue weighted by Crippen LogP contribution is 2.22. The Bertz CT molecular complexity index is 855. The molecule has 2 rings (SSSR count). The number of nitrogens with one attached hydrogen (secondary N) is 1. The van der Waals surface area contributed by atoms with Gasteiger partial charge in [-0.25, -0.2) is 21.1 Å². The van der Waals surface area contributed by atoms with Crippen LogP contribution in [0, 0.1) is 13.8 Å². The van der Waals surface area contributed by atoms with Crippen molar-refractivity contribution in [3.05, 3.63) is 11.4 Å². The van der Waals surface area contributed by atoms with E-state index in [1.807, 2.05) is 0 Å². The molecule has 136 valence electrons. The van der Waals surface area contributed by atoms with Gasteiger partial charge in [0.05, 0.1) is 22.9 Å². The minimum atomic E-state index is -3.65. The molecule has 1 atom stereocenters. The van der Waals surface area contributed by atoms with Crippen LogP contribution in [-0.4, -0.2) is 68.5 Å². The summed E-state index contributed by atoms with van der Waals surface area (Å²) >= 11 is 0. The number of sulfone groups is 1. The zero-order valence-corrected chi connectivity index (χ0v) is 15.7. The molecule has 0 aromatic carbocycles. The van der Waals surface area contributed by atoms with Crippen molar-refractivity contribution >= 4 is 25.8 Å². The lowest BCUT2D eigenvalue weighted by molar-refractivity contribution is -0.122. The Morgan fingerprint density at radius 1 is 1.38 bits per heavy atom. The standard InChI is InChI=1S/C13H22N4O5S2/c1-9-13(24(21,22)16(3)4)10(2)17(15-9)7-12(18)14-11-5-6-23(19,20)8-11/h11H,5-8H2,1-4H3,(H,14,18)/t11-/m1/s1. The largest absolute Gasteiger partial charge is 0.351 e. The third kappa shape index (κ3) is 3.78. The normalized spacial score (nSPS) is 20.5.